The summed E-state index contributed by atoms with van der Waals surface area (Å²) >= 11 is 4.33. The first-order valence-electron chi connectivity index (χ1n) is 3.55. The number of aliphatic hydroxyl groups is 1. The monoisotopic (exact) mass is 148 g/mol. The van der Waals surface area contributed by atoms with Gasteiger partial charge in [-0.25, -0.2) is 0 Å². The lowest BCUT2D eigenvalue weighted by atomic mass is 10.0. The minimum Gasteiger partial charge on any atom is -0.396 e. The molecular formula is C7H16OS. The van der Waals surface area contributed by atoms with Crippen LogP contribution in [0.5, 0.6) is 0 Å². The van der Waals surface area contributed by atoms with Crippen molar-refractivity contribution in [1.82, 2.24) is 0 Å². The first kappa shape index (κ1) is 9.31. The second-order valence-electron chi connectivity index (χ2n) is 2.33. The molecule has 0 aromatic carbocycles. The SMILES string of the molecule is CCC(S)C(CC)CO. The summed E-state index contributed by atoms with van der Waals surface area (Å²) in [5, 5.41) is 9.15. The normalized spacial score (nSPS) is 17.3. The second-order valence-corrected chi connectivity index (χ2v) is 2.99. The molecule has 0 saturated carbocycles. The summed E-state index contributed by atoms with van der Waals surface area (Å²) < 4.78 is 0. The van der Waals surface area contributed by atoms with E-state index in [4.69, 9.17) is 5.11 Å². The van der Waals surface area contributed by atoms with Gasteiger partial charge in [-0.2, -0.15) is 12.6 Å². The summed E-state index contributed by atoms with van der Waals surface area (Å²) in [4.78, 5) is 0. The molecule has 0 bridgehead atoms. The fourth-order valence-electron chi connectivity index (χ4n) is 0.856. The molecule has 0 radical (unpaired) electrons. The van der Waals surface area contributed by atoms with Crippen molar-refractivity contribution >= 4 is 12.6 Å². The van der Waals surface area contributed by atoms with Crippen molar-refractivity contribution in [2.24, 2.45) is 5.92 Å². The lowest BCUT2D eigenvalue weighted by Gasteiger charge is -2.16. The van der Waals surface area contributed by atoms with Crippen LogP contribution in [0.15, 0.2) is 0 Å². The molecule has 0 saturated heterocycles. The maximum Gasteiger partial charge on any atom is 0.0469 e. The van der Waals surface area contributed by atoms with Crippen molar-refractivity contribution < 1.29 is 5.11 Å². The lowest BCUT2D eigenvalue weighted by Crippen LogP contribution is -2.16. The maximum atomic E-state index is 8.78. The third-order valence-electron chi connectivity index (χ3n) is 1.72. The summed E-state index contributed by atoms with van der Waals surface area (Å²) in [7, 11) is 0. The van der Waals surface area contributed by atoms with Gasteiger partial charge in [0.1, 0.15) is 0 Å². The van der Waals surface area contributed by atoms with Gasteiger partial charge in [-0.1, -0.05) is 20.3 Å². The molecule has 0 aromatic heterocycles. The minimum absolute atomic E-state index is 0.276. The highest BCUT2D eigenvalue weighted by Gasteiger charge is 2.11. The molecule has 0 aliphatic carbocycles. The first-order chi connectivity index (χ1) is 4.26. The van der Waals surface area contributed by atoms with Crippen LogP contribution in [0.25, 0.3) is 0 Å². The Morgan fingerprint density at radius 1 is 1.33 bits per heavy atom. The van der Waals surface area contributed by atoms with E-state index in [1.165, 1.54) is 0 Å². The number of aliphatic hydroxyl groups excluding tert-OH is 1. The summed E-state index contributed by atoms with van der Waals surface area (Å²) in [6.45, 7) is 4.45. The van der Waals surface area contributed by atoms with E-state index in [9.17, 15) is 0 Å². The fourth-order valence-corrected chi connectivity index (χ4v) is 1.16. The van der Waals surface area contributed by atoms with Crippen LogP contribution in [-0.4, -0.2) is 17.0 Å². The maximum absolute atomic E-state index is 8.78. The quantitative estimate of drug-likeness (QED) is 0.582. The summed E-state index contributed by atoms with van der Waals surface area (Å²) in [6, 6.07) is 0. The van der Waals surface area contributed by atoms with Gasteiger partial charge in [0.05, 0.1) is 0 Å². The molecule has 0 aliphatic heterocycles. The Kier molecular flexibility index (Phi) is 5.30. The molecule has 0 heterocycles. The molecule has 2 unspecified atom stereocenters. The molecule has 0 aromatic rings. The summed E-state index contributed by atoms with van der Waals surface area (Å²) in [5.41, 5.74) is 0. The van der Waals surface area contributed by atoms with Crippen LogP contribution < -0.4 is 0 Å². The van der Waals surface area contributed by atoms with Gasteiger partial charge in [0.15, 0.2) is 0 Å². The highest BCUT2D eigenvalue weighted by Crippen LogP contribution is 2.16. The largest absolute Gasteiger partial charge is 0.396 e. The van der Waals surface area contributed by atoms with Gasteiger partial charge in [0.2, 0.25) is 0 Å². The molecule has 2 heteroatoms. The van der Waals surface area contributed by atoms with Gasteiger partial charge in [-0.15, -0.1) is 0 Å². The van der Waals surface area contributed by atoms with Crippen molar-refractivity contribution in [3.05, 3.63) is 0 Å². The second kappa shape index (κ2) is 5.12. The predicted octanol–water partition coefficient (Wildman–Crippen LogP) is 1.71. The van der Waals surface area contributed by atoms with Crippen LogP contribution in [0.1, 0.15) is 26.7 Å². The zero-order valence-electron chi connectivity index (χ0n) is 6.17. The van der Waals surface area contributed by atoms with E-state index >= 15 is 0 Å². The average Bonchev–Trinajstić information content (AvgIpc) is 1.90. The highest BCUT2D eigenvalue weighted by molar-refractivity contribution is 7.81. The van der Waals surface area contributed by atoms with Gasteiger partial charge in [-0.05, 0) is 12.3 Å². The van der Waals surface area contributed by atoms with Gasteiger partial charge in [-0.3, -0.25) is 0 Å². The summed E-state index contributed by atoms with van der Waals surface area (Å²) in [6.07, 6.45) is 2.07. The van der Waals surface area contributed by atoms with Crippen molar-refractivity contribution in [1.29, 1.82) is 0 Å². The van der Waals surface area contributed by atoms with Crippen LogP contribution >= 0.6 is 12.6 Å². The van der Waals surface area contributed by atoms with Crippen LogP contribution in [0.4, 0.5) is 0 Å². The molecule has 0 rings (SSSR count). The molecule has 56 valence electrons. The summed E-state index contributed by atoms with van der Waals surface area (Å²) in [5.74, 6) is 0.387. The van der Waals surface area contributed by atoms with E-state index in [2.05, 4.69) is 26.5 Å². The third kappa shape index (κ3) is 3.11. The predicted molar refractivity (Wildman–Crippen MR) is 43.9 cm³/mol. The zero-order chi connectivity index (χ0) is 7.28. The third-order valence-corrected chi connectivity index (χ3v) is 2.51. The number of hydrogen-bond acceptors (Lipinski definition) is 2. The number of rotatable bonds is 4. The van der Waals surface area contributed by atoms with E-state index < -0.39 is 0 Å². The van der Waals surface area contributed by atoms with Crippen molar-refractivity contribution in [2.45, 2.75) is 31.9 Å². The molecule has 0 spiro atoms. The van der Waals surface area contributed by atoms with E-state index in [1.54, 1.807) is 0 Å². The molecule has 0 aliphatic rings. The van der Waals surface area contributed by atoms with Crippen molar-refractivity contribution in [2.75, 3.05) is 6.61 Å². The fraction of sp³-hybridized carbons (Fsp3) is 1.00. The molecular weight excluding hydrogens is 132 g/mol. The first-order valence-corrected chi connectivity index (χ1v) is 4.06. The van der Waals surface area contributed by atoms with Crippen LogP contribution in [0, 0.1) is 5.92 Å². The Bertz CT molecular complexity index is 61.9. The Morgan fingerprint density at radius 3 is 2.00 bits per heavy atom. The van der Waals surface area contributed by atoms with Crippen LogP contribution in [0.2, 0.25) is 0 Å². The molecule has 9 heavy (non-hydrogen) atoms. The van der Waals surface area contributed by atoms with Gasteiger partial charge >= 0.3 is 0 Å². The average molecular weight is 148 g/mol. The van der Waals surface area contributed by atoms with Crippen molar-refractivity contribution in [3.63, 3.8) is 0 Å². The zero-order valence-corrected chi connectivity index (χ0v) is 7.06. The van der Waals surface area contributed by atoms with E-state index in [0.717, 1.165) is 12.8 Å². The smallest absolute Gasteiger partial charge is 0.0469 e. The van der Waals surface area contributed by atoms with Gasteiger partial charge in [0, 0.05) is 11.9 Å². The van der Waals surface area contributed by atoms with Gasteiger partial charge in [0.25, 0.3) is 0 Å². The highest BCUT2D eigenvalue weighted by atomic mass is 32.1. The topological polar surface area (TPSA) is 20.2 Å². The Balaban J connectivity index is 3.50. The van der Waals surface area contributed by atoms with Crippen molar-refractivity contribution in [3.8, 4) is 0 Å². The van der Waals surface area contributed by atoms with Gasteiger partial charge < -0.3 is 5.11 Å². The van der Waals surface area contributed by atoms with E-state index in [-0.39, 0.29) is 6.61 Å². The molecule has 1 nitrogen and oxygen atoms in total. The van der Waals surface area contributed by atoms with Crippen LogP contribution in [-0.2, 0) is 0 Å². The molecule has 0 amide bonds. The number of thiol groups is 1. The molecule has 0 fully saturated rings. The lowest BCUT2D eigenvalue weighted by molar-refractivity contribution is 0.218. The van der Waals surface area contributed by atoms with E-state index in [1.807, 2.05) is 0 Å². The minimum atomic E-state index is 0.276. The number of hydrogen-bond donors (Lipinski definition) is 2. The standard InChI is InChI=1S/C7H16OS/c1-3-6(5-8)7(9)4-2/h6-9H,3-5H2,1-2H3. The Labute approximate surface area is 62.9 Å². The Morgan fingerprint density at radius 2 is 1.89 bits per heavy atom. The molecule has 1 N–H and O–H groups in total. The Hall–Kier alpha value is 0.310. The van der Waals surface area contributed by atoms with E-state index in [0.29, 0.717) is 11.2 Å². The molecule has 2 atom stereocenters. The van der Waals surface area contributed by atoms with Crippen LogP contribution in [0.3, 0.4) is 0 Å².